The molecule has 4 rings (SSSR count). The van der Waals surface area contributed by atoms with Crippen molar-refractivity contribution in [3.05, 3.63) is 44.7 Å². The van der Waals surface area contributed by atoms with Crippen molar-refractivity contribution >= 4 is 51.7 Å². The molecule has 2 fully saturated rings. The predicted octanol–water partition coefficient (Wildman–Crippen LogP) is 4.77. The Morgan fingerprint density at radius 3 is 2.66 bits per heavy atom. The molecule has 0 unspecified atom stereocenters. The average molecular weight is 471 g/mol. The van der Waals surface area contributed by atoms with Crippen LogP contribution < -0.4 is 10.5 Å². The van der Waals surface area contributed by atoms with Gasteiger partial charge in [0, 0.05) is 25.8 Å². The van der Waals surface area contributed by atoms with Crippen molar-refractivity contribution in [3.8, 4) is 0 Å². The number of carbonyl (C=O) groups excluding carboxylic acids is 1. The number of aromatic nitrogens is 2. The lowest BCUT2D eigenvalue weighted by atomic mass is 10.1. The Morgan fingerprint density at radius 1 is 1.12 bits per heavy atom. The second kappa shape index (κ2) is 10.2. The Balaban J connectivity index is 1.73. The van der Waals surface area contributed by atoms with Crippen LogP contribution in [-0.2, 0) is 4.79 Å². The number of pyridine rings is 1. The van der Waals surface area contributed by atoms with E-state index in [4.69, 9.17) is 17.2 Å². The molecular formula is C24H30N4O2S2. The van der Waals surface area contributed by atoms with Gasteiger partial charge in [-0.15, -0.1) is 0 Å². The summed E-state index contributed by atoms with van der Waals surface area (Å²) in [6, 6.07) is 3.84. The third-order valence-corrected chi connectivity index (χ3v) is 7.40. The quantitative estimate of drug-likeness (QED) is 0.330. The van der Waals surface area contributed by atoms with Crippen LogP contribution in [0.1, 0.15) is 63.0 Å². The molecule has 1 amide bonds. The zero-order valence-corrected chi connectivity index (χ0v) is 20.4. The first-order valence-electron chi connectivity index (χ1n) is 11.5. The zero-order chi connectivity index (χ0) is 22.7. The Hall–Kier alpha value is -2.19. The van der Waals surface area contributed by atoms with Crippen LogP contribution in [0.25, 0.3) is 11.7 Å². The van der Waals surface area contributed by atoms with Gasteiger partial charge in [-0.3, -0.25) is 18.9 Å². The predicted molar refractivity (Wildman–Crippen MR) is 136 cm³/mol. The third-order valence-electron chi connectivity index (χ3n) is 6.03. The number of thiocarbonyl (C=S) groups is 1. The number of rotatable bonds is 7. The Morgan fingerprint density at radius 2 is 1.91 bits per heavy atom. The lowest BCUT2D eigenvalue weighted by Gasteiger charge is -2.29. The van der Waals surface area contributed by atoms with Gasteiger partial charge in [-0.2, -0.15) is 0 Å². The second-order valence-electron chi connectivity index (χ2n) is 8.53. The average Bonchev–Trinajstić information content (AvgIpc) is 3.06. The van der Waals surface area contributed by atoms with Crippen molar-refractivity contribution in [1.82, 2.24) is 14.3 Å². The van der Waals surface area contributed by atoms with Gasteiger partial charge in [0.2, 0.25) is 0 Å². The number of aryl methyl sites for hydroxylation is 1. The summed E-state index contributed by atoms with van der Waals surface area (Å²) in [4.78, 5) is 35.9. The largest absolute Gasteiger partial charge is 0.356 e. The minimum Gasteiger partial charge on any atom is -0.356 e. The number of carbonyl (C=O) groups is 1. The van der Waals surface area contributed by atoms with E-state index in [1.54, 1.807) is 21.6 Å². The summed E-state index contributed by atoms with van der Waals surface area (Å²) in [5.74, 6) is 0.571. The van der Waals surface area contributed by atoms with Gasteiger partial charge in [0.1, 0.15) is 15.8 Å². The molecule has 0 spiro atoms. The first-order valence-corrected chi connectivity index (χ1v) is 12.8. The highest BCUT2D eigenvalue weighted by Gasteiger charge is 2.32. The van der Waals surface area contributed by atoms with Crippen LogP contribution in [-0.4, -0.2) is 44.1 Å². The molecule has 6 nitrogen and oxygen atoms in total. The van der Waals surface area contributed by atoms with E-state index in [0.717, 1.165) is 57.2 Å². The fourth-order valence-electron chi connectivity index (χ4n) is 4.24. The van der Waals surface area contributed by atoms with Gasteiger partial charge in [-0.1, -0.05) is 56.2 Å². The number of piperidine rings is 1. The molecule has 32 heavy (non-hydrogen) atoms. The van der Waals surface area contributed by atoms with Gasteiger partial charge in [0.25, 0.3) is 11.5 Å². The van der Waals surface area contributed by atoms with Crippen LogP contribution in [0.5, 0.6) is 0 Å². The molecule has 8 heteroatoms. The molecule has 0 aliphatic carbocycles. The molecule has 0 N–H and O–H groups in total. The van der Waals surface area contributed by atoms with E-state index in [1.807, 2.05) is 19.1 Å². The SMILES string of the molecule is CCCCCCN1C(=O)C(=Cc2c(N3CCCCC3)nc3ccc(C)cn3c2=O)SC1=S. The number of thioether (sulfide) groups is 1. The summed E-state index contributed by atoms with van der Waals surface area (Å²) in [6.07, 6.45) is 11.2. The molecule has 0 bridgehead atoms. The minimum absolute atomic E-state index is 0.102. The minimum atomic E-state index is -0.146. The van der Waals surface area contributed by atoms with E-state index in [1.165, 1.54) is 18.2 Å². The molecular weight excluding hydrogens is 440 g/mol. The van der Waals surface area contributed by atoms with Crippen LogP contribution in [0.15, 0.2) is 28.0 Å². The molecule has 2 aromatic heterocycles. The standard InChI is InChI=1S/C24H30N4O2S2/c1-3-4-5-9-14-27-23(30)19(32-24(27)31)15-18-21(26-12-7-6-8-13-26)25-20-11-10-17(2)16-28(20)22(18)29/h10-11,15-16H,3-9,12-14H2,1-2H3. The van der Waals surface area contributed by atoms with E-state index in [9.17, 15) is 9.59 Å². The Kier molecular flexibility index (Phi) is 7.30. The maximum atomic E-state index is 13.5. The Bertz CT molecular complexity index is 1120. The molecule has 2 aliphatic rings. The number of anilines is 1. The smallest absolute Gasteiger partial charge is 0.267 e. The van der Waals surface area contributed by atoms with Crippen molar-refractivity contribution in [2.45, 2.75) is 58.8 Å². The summed E-state index contributed by atoms with van der Waals surface area (Å²) < 4.78 is 2.15. The van der Waals surface area contributed by atoms with Crippen LogP contribution in [0, 0.1) is 6.92 Å². The number of hydrogen-bond donors (Lipinski definition) is 0. The van der Waals surface area contributed by atoms with Crippen LogP contribution in [0.3, 0.4) is 0 Å². The molecule has 0 saturated carbocycles. The molecule has 0 atom stereocenters. The second-order valence-corrected chi connectivity index (χ2v) is 10.2. The number of amides is 1. The topological polar surface area (TPSA) is 57.9 Å². The zero-order valence-electron chi connectivity index (χ0n) is 18.8. The number of unbranched alkanes of at least 4 members (excludes halogenated alkanes) is 3. The number of nitrogens with zero attached hydrogens (tertiary/aromatic N) is 4. The summed E-state index contributed by atoms with van der Waals surface area (Å²) in [5.41, 5.74) is 1.94. The van der Waals surface area contributed by atoms with Gasteiger partial charge in [-0.25, -0.2) is 4.98 Å². The van der Waals surface area contributed by atoms with Gasteiger partial charge >= 0.3 is 0 Å². The summed E-state index contributed by atoms with van der Waals surface area (Å²) in [6.45, 7) is 6.49. The van der Waals surface area contributed by atoms with E-state index in [0.29, 0.717) is 32.8 Å². The highest BCUT2D eigenvalue weighted by Crippen LogP contribution is 2.34. The monoisotopic (exact) mass is 470 g/mol. The molecule has 0 radical (unpaired) electrons. The van der Waals surface area contributed by atoms with E-state index < -0.39 is 0 Å². The Labute approximate surface area is 198 Å². The van der Waals surface area contributed by atoms with Crippen molar-refractivity contribution in [1.29, 1.82) is 0 Å². The van der Waals surface area contributed by atoms with Crippen molar-refractivity contribution in [2.24, 2.45) is 0 Å². The maximum Gasteiger partial charge on any atom is 0.267 e. The first-order chi connectivity index (χ1) is 15.5. The lowest BCUT2D eigenvalue weighted by molar-refractivity contribution is -0.122. The third kappa shape index (κ3) is 4.76. The maximum absolute atomic E-state index is 13.5. The van der Waals surface area contributed by atoms with E-state index in [2.05, 4.69) is 11.8 Å². The highest BCUT2D eigenvalue weighted by atomic mass is 32.2. The van der Waals surface area contributed by atoms with Gasteiger partial charge in [-0.05, 0) is 50.3 Å². The van der Waals surface area contributed by atoms with E-state index >= 15 is 0 Å². The molecule has 2 saturated heterocycles. The van der Waals surface area contributed by atoms with Crippen LogP contribution in [0.2, 0.25) is 0 Å². The van der Waals surface area contributed by atoms with Gasteiger partial charge in [0.05, 0.1) is 10.5 Å². The van der Waals surface area contributed by atoms with E-state index in [-0.39, 0.29) is 11.5 Å². The van der Waals surface area contributed by atoms with Gasteiger partial charge < -0.3 is 4.90 Å². The van der Waals surface area contributed by atoms with Crippen LogP contribution >= 0.6 is 24.0 Å². The lowest BCUT2D eigenvalue weighted by Crippen LogP contribution is -2.33. The molecule has 0 aromatic carbocycles. The first kappa shape index (κ1) is 23.0. The number of hydrogen-bond acceptors (Lipinski definition) is 6. The molecule has 2 aliphatic heterocycles. The normalized spacial score (nSPS) is 18.4. The number of fused-ring (bicyclic) bond motifs is 1. The fourth-order valence-corrected chi connectivity index (χ4v) is 5.53. The highest BCUT2D eigenvalue weighted by molar-refractivity contribution is 8.26. The van der Waals surface area contributed by atoms with Gasteiger partial charge in [0.15, 0.2) is 0 Å². The molecule has 4 heterocycles. The summed E-state index contributed by atoms with van der Waals surface area (Å²) >= 11 is 6.78. The van der Waals surface area contributed by atoms with Crippen LogP contribution in [0.4, 0.5) is 5.82 Å². The molecule has 170 valence electrons. The van der Waals surface area contributed by atoms with Crippen molar-refractivity contribution in [2.75, 3.05) is 24.5 Å². The molecule has 2 aromatic rings. The summed E-state index contributed by atoms with van der Waals surface area (Å²) in [5, 5.41) is 0. The van der Waals surface area contributed by atoms with Crippen molar-refractivity contribution in [3.63, 3.8) is 0 Å². The summed E-state index contributed by atoms with van der Waals surface area (Å²) in [7, 11) is 0. The van der Waals surface area contributed by atoms with Crippen molar-refractivity contribution < 1.29 is 4.79 Å². The fraction of sp³-hybridized carbons (Fsp3) is 0.500.